The summed E-state index contributed by atoms with van der Waals surface area (Å²) in [5.41, 5.74) is 5.47. The van der Waals surface area contributed by atoms with Crippen molar-refractivity contribution >= 4 is 32.2 Å². The van der Waals surface area contributed by atoms with Gasteiger partial charge in [-0.3, -0.25) is 10.3 Å². The van der Waals surface area contributed by atoms with Crippen LogP contribution in [0.25, 0.3) is 0 Å². The molecule has 0 unspecified atom stereocenters. The molecule has 0 radical (unpaired) electrons. The fourth-order valence-electron chi connectivity index (χ4n) is 3.05. The minimum Gasteiger partial charge on any atom is -0.383 e. The van der Waals surface area contributed by atoms with Gasteiger partial charge in [-0.2, -0.15) is 13.2 Å². The second kappa shape index (κ2) is 8.00. The summed E-state index contributed by atoms with van der Waals surface area (Å²) in [6, 6.07) is 2.61. The molecule has 1 aromatic carbocycles. The highest BCUT2D eigenvalue weighted by molar-refractivity contribution is 9.18. The minimum atomic E-state index is -4.56. The van der Waals surface area contributed by atoms with Gasteiger partial charge in [0.1, 0.15) is 28.4 Å². The molecule has 28 heavy (non-hydrogen) atoms. The molecule has 0 saturated carbocycles. The maximum Gasteiger partial charge on any atom is 0.416 e. The molecule has 3 rings (SSSR count). The molecule has 150 valence electrons. The van der Waals surface area contributed by atoms with Crippen molar-refractivity contribution in [2.45, 2.75) is 12.7 Å². The Hall–Kier alpha value is -2.27. The number of anilines is 2. The van der Waals surface area contributed by atoms with Gasteiger partial charge < -0.3 is 10.6 Å². The summed E-state index contributed by atoms with van der Waals surface area (Å²) < 4.78 is 52.1. The van der Waals surface area contributed by atoms with Crippen LogP contribution in [0.1, 0.15) is 16.7 Å². The van der Waals surface area contributed by atoms with Crippen LogP contribution >= 0.6 is 15.9 Å². The monoisotopic (exact) mass is 460 g/mol. The third-order valence-corrected chi connectivity index (χ3v) is 4.92. The van der Waals surface area contributed by atoms with Gasteiger partial charge in [0.05, 0.1) is 11.1 Å². The van der Waals surface area contributed by atoms with Crippen LogP contribution in [-0.2, 0) is 12.7 Å². The smallest absolute Gasteiger partial charge is 0.383 e. The van der Waals surface area contributed by atoms with E-state index in [0.717, 1.165) is 6.07 Å². The highest BCUT2D eigenvalue weighted by atomic mass is 79.9. The summed E-state index contributed by atoms with van der Waals surface area (Å²) in [4.78, 5) is 12.0. The SMILES string of the molecule is N=C(Br)c1c(N)ncnc1N1CCN(Cc2ccc(C(F)(F)F)cc2F)CC1. The molecule has 0 aliphatic carbocycles. The fourth-order valence-corrected chi connectivity index (χ4v) is 3.43. The standard InChI is InChI=1S/C17H17BrF4N6/c18-14(23)13-15(24)25-9-26-16(13)28-5-3-27(4-6-28)8-10-1-2-11(7-12(10)19)17(20,21)22/h1-2,7,9,23H,3-6,8H2,(H2,24,25,26). The number of alkyl halides is 3. The average molecular weight is 461 g/mol. The van der Waals surface area contributed by atoms with Crippen LogP contribution in [0.4, 0.5) is 29.2 Å². The van der Waals surface area contributed by atoms with E-state index >= 15 is 0 Å². The zero-order valence-corrected chi connectivity index (χ0v) is 16.2. The summed E-state index contributed by atoms with van der Waals surface area (Å²) in [7, 11) is 0. The molecule has 0 amide bonds. The zero-order chi connectivity index (χ0) is 20.5. The molecule has 1 aliphatic heterocycles. The molecule has 1 aliphatic rings. The number of rotatable bonds is 4. The molecular weight excluding hydrogens is 444 g/mol. The number of nitrogens with two attached hydrogens (primary N) is 1. The van der Waals surface area contributed by atoms with Gasteiger partial charge in [-0.25, -0.2) is 14.4 Å². The molecule has 11 heteroatoms. The van der Waals surface area contributed by atoms with E-state index in [1.54, 1.807) is 0 Å². The van der Waals surface area contributed by atoms with Crippen molar-refractivity contribution in [3.05, 3.63) is 47.0 Å². The minimum absolute atomic E-state index is 0.0786. The Labute approximate surface area is 167 Å². The van der Waals surface area contributed by atoms with Gasteiger partial charge in [0, 0.05) is 38.3 Å². The van der Waals surface area contributed by atoms with Crippen LogP contribution in [0, 0.1) is 11.2 Å². The van der Waals surface area contributed by atoms with Crippen LogP contribution < -0.4 is 10.6 Å². The lowest BCUT2D eigenvalue weighted by molar-refractivity contribution is -0.137. The molecular formula is C17H17BrF4N6. The van der Waals surface area contributed by atoms with Crippen molar-refractivity contribution in [3.8, 4) is 0 Å². The van der Waals surface area contributed by atoms with Gasteiger partial charge in [-0.05, 0) is 28.1 Å². The predicted octanol–water partition coefficient (Wildman–Crippen LogP) is 3.26. The number of aromatic nitrogens is 2. The predicted molar refractivity (Wildman–Crippen MR) is 101 cm³/mol. The first-order chi connectivity index (χ1) is 13.2. The van der Waals surface area contributed by atoms with Gasteiger partial charge in [0.25, 0.3) is 0 Å². The van der Waals surface area contributed by atoms with Crippen LogP contribution in [0.5, 0.6) is 0 Å². The van der Waals surface area contributed by atoms with Crippen molar-refractivity contribution in [3.63, 3.8) is 0 Å². The number of nitrogens with zero attached hydrogens (tertiary/aromatic N) is 4. The van der Waals surface area contributed by atoms with E-state index in [9.17, 15) is 17.6 Å². The quantitative estimate of drug-likeness (QED) is 0.540. The van der Waals surface area contributed by atoms with Crippen LogP contribution in [0.15, 0.2) is 24.5 Å². The second-order valence-corrected chi connectivity index (χ2v) is 7.13. The Morgan fingerprint density at radius 2 is 1.86 bits per heavy atom. The van der Waals surface area contributed by atoms with Crippen molar-refractivity contribution in [1.82, 2.24) is 14.9 Å². The van der Waals surface area contributed by atoms with Crippen molar-refractivity contribution in [2.24, 2.45) is 0 Å². The Morgan fingerprint density at radius 3 is 2.43 bits per heavy atom. The Kier molecular flexibility index (Phi) is 5.84. The number of benzene rings is 1. The zero-order valence-electron chi connectivity index (χ0n) is 14.6. The van der Waals surface area contributed by atoms with E-state index in [0.29, 0.717) is 43.6 Å². The maximum atomic E-state index is 14.1. The van der Waals surface area contributed by atoms with Gasteiger partial charge >= 0.3 is 6.18 Å². The van der Waals surface area contributed by atoms with E-state index in [4.69, 9.17) is 11.1 Å². The molecule has 0 bridgehead atoms. The fraction of sp³-hybridized carbons (Fsp3) is 0.353. The molecule has 1 aromatic heterocycles. The van der Waals surface area contributed by atoms with Crippen LogP contribution in [0.2, 0.25) is 0 Å². The number of halogens is 5. The summed E-state index contributed by atoms with van der Waals surface area (Å²) in [6.07, 6.45) is -3.24. The van der Waals surface area contributed by atoms with E-state index < -0.39 is 17.6 Å². The first-order valence-corrected chi connectivity index (χ1v) is 9.14. The number of hydrogen-bond acceptors (Lipinski definition) is 6. The topological polar surface area (TPSA) is 82.1 Å². The summed E-state index contributed by atoms with van der Waals surface area (Å²) in [5.74, 6) is -0.133. The van der Waals surface area contributed by atoms with Crippen molar-refractivity contribution in [2.75, 3.05) is 36.8 Å². The summed E-state index contributed by atoms with van der Waals surface area (Å²) >= 11 is 3.10. The second-order valence-electron chi connectivity index (χ2n) is 6.34. The van der Waals surface area contributed by atoms with Crippen LogP contribution in [0.3, 0.4) is 0 Å². The molecule has 3 N–H and O–H groups in total. The molecule has 1 saturated heterocycles. The third-order valence-electron chi connectivity index (χ3n) is 4.52. The lowest BCUT2D eigenvalue weighted by Crippen LogP contribution is -2.46. The third kappa shape index (κ3) is 4.41. The first-order valence-electron chi connectivity index (χ1n) is 8.34. The van der Waals surface area contributed by atoms with E-state index in [1.165, 1.54) is 12.4 Å². The molecule has 1 fully saturated rings. The highest BCUT2D eigenvalue weighted by Gasteiger charge is 2.31. The van der Waals surface area contributed by atoms with Crippen molar-refractivity contribution < 1.29 is 17.6 Å². The largest absolute Gasteiger partial charge is 0.416 e. The number of nitrogens with one attached hydrogen (secondary N) is 1. The van der Waals surface area contributed by atoms with Gasteiger partial charge in [-0.1, -0.05) is 6.07 Å². The number of piperazine rings is 1. The molecule has 2 heterocycles. The van der Waals surface area contributed by atoms with Gasteiger partial charge in [0.15, 0.2) is 0 Å². The van der Waals surface area contributed by atoms with Crippen molar-refractivity contribution in [1.29, 1.82) is 5.41 Å². The van der Waals surface area contributed by atoms with E-state index in [1.807, 2.05) is 9.80 Å². The van der Waals surface area contributed by atoms with Crippen LogP contribution in [-0.4, -0.2) is 45.7 Å². The maximum absolute atomic E-state index is 14.1. The lowest BCUT2D eigenvalue weighted by Gasteiger charge is -2.36. The Morgan fingerprint density at radius 1 is 1.18 bits per heavy atom. The molecule has 2 aromatic rings. The van der Waals surface area contributed by atoms with Gasteiger partial charge in [-0.15, -0.1) is 0 Å². The molecule has 0 atom stereocenters. The first kappa shape index (κ1) is 20.5. The average Bonchev–Trinajstić information content (AvgIpc) is 2.62. The van der Waals surface area contributed by atoms with E-state index in [-0.39, 0.29) is 22.5 Å². The Bertz CT molecular complexity index is 880. The molecule has 6 nitrogen and oxygen atoms in total. The summed E-state index contributed by atoms with van der Waals surface area (Å²) in [5, 5.41) is 7.81. The highest BCUT2D eigenvalue weighted by Crippen LogP contribution is 2.30. The number of hydrogen-bond donors (Lipinski definition) is 2. The normalized spacial score (nSPS) is 15.7. The Balaban J connectivity index is 1.67. The van der Waals surface area contributed by atoms with E-state index in [2.05, 4.69) is 25.9 Å². The molecule has 0 spiro atoms. The van der Waals surface area contributed by atoms with Gasteiger partial charge in [0.2, 0.25) is 0 Å². The lowest BCUT2D eigenvalue weighted by atomic mass is 10.1. The number of nitrogen functional groups attached to an aromatic ring is 1. The summed E-state index contributed by atoms with van der Waals surface area (Å²) in [6.45, 7) is 2.42.